The maximum Gasteiger partial charge on any atom is 0.159 e. The smallest absolute Gasteiger partial charge is 0.159 e. The van der Waals surface area contributed by atoms with E-state index in [1.54, 1.807) is 0 Å². The van der Waals surface area contributed by atoms with Gasteiger partial charge in [-0.3, -0.25) is 0 Å². The molecule has 0 bridgehead atoms. The molecule has 9 rings (SSSR count). The summed E-state index contributed by atoms with van der Waals surface area (Å²) in [4.78, 5) is 0. The number of rotatable bonds is 2. The number of fused-ring (bicyclic) bond motifs is 9. The molecule has 3 heterocycles. The Balaban J connectivity index is 1.30. The monoisotopic (exact) mass is 551 g/mol. The van der Waals surface area contributed by atoms with Gasteiger partial charge in [0.05, 0.1) is 33.9 Å². The van der Waals surface area contributed by atoms with Gasteiger partial charge >= 0.3 is 0 Å². The molecule has 1 aliphatic carbocycles. The molecule has 0 radical (unpaired) electrons. The Bertz CT molecular complexity index is 2480. The van der Waals surface area contributed by atoms with E-state index in [-0.39, 0.29) is 12.0 Å². The number of hydrogen-bond donors (Lipinski definition) is 0. The molecule has 5 heteroatoms. The molecule has 43 heavy (non-hydrogen) atoms. The first kappa shape index (κ1) is 23.6. The molecule has 200 valence electrons. The fourth-order valence-electron chi connectivity index (χ4n) is 6.89. The van der Waals surface area contributed by atoms with Crippen molar-refractivity contribution in [3.8, 4) is 34.7 Å². The predicted octanol–water partition coefficient (Wildman–Crippen LogP) is 9.06. The zero-order valence-electron chi connectivity index (χ0n) is 22.8. The van der Waals surface area contributed by atoms with E-state index in [1.807, 2.05) is 60.7 Å². The van der Waals surface area contributed by atoms with E-state index in [9.17, 15) is 10.5 Å². The molecule has 2 atom stereocenters. The lowest BCUT2D eigenvalue weighted by Crippen LogP contribution is -2.15. The van der Waals surface area contributed by atoms with Gasteiger partial charge in [-0.2, -0.15) is 10.5 Å². The molecule has 0 saturated carbocycles. The first-order valence-electron chi connectivity index (χ1n) is 14.2. The first-order chi connectivity index (χ1) is 21.2. The van der Waals surface area contributed by atoms with Crippen molar-refractivity contribution < 1.29 is 9.15 Å². The number of ether oxygens (including phenoxy) is 1. The highest BCUT2D eigenvalue weighted by atomic mass is 16.5. The highest BCUT2D eigenvalue weighted by molar-refractivity contribution is 6.14. The van der Waals surface area contributed by atoms with Crippen molar-refractivity contribution in [1.82, 2.24) is 4.57 Å². The SMILES string of the molecule is N#Cc1ccc2c(c1)c1ccccc1n2-c1cccc2c1oc1c(C#N)cc(-c3cccc4c3OC3C=CC=CC43)cc12. The highest BCUT2D eigenvalue weighted by Crippen LogP contribution is 2.48. The van der Waals surface area contributed by atoms with E-state index < -0.39 is 0 Å². The number of nitrogens with zero attached hydrogens (tertiary/aromatic N) is 3. The van der Waals surface area contributed by atoms with Crippen LogP contribution in [0.2, 0.25) is 0 Å². The Morgan fingerprint density at radius 2 is 1.51 bits per heavy atom. The van der Waals surface area contributed by atoms with Crippen LogP contribution < -0.4 is 4.74 Å². The molecule has 2 unspecified atom stereocenters. The van der Waals surface area contributed by atoms with E-state index in [1.165, 1.54) is 0 Å². The Labute approximate surface area is 246 Å². The van der Waals surface area contributed by atoms with Crippen molar-refractivity contribution in [3.05, 3.63) is 132 Å². The number of allylic oxidation sites excluding steroid dienone is 2. The van der Waals surface area contributed by atoms with Gasteiger partial charge in [0, 0.05) is 38.6 Å². The Morgan fingerprint density at radius 1 is 0.674 bits per heavy atom. The van der Waals surface area contributed by atoms with E-state index in [2.05, 4.69) is 71.3 Å². The van der Waals surface area contributed by atoms with E-state index >= 15 is 0 Å². The van der Waals surface area contributed by atoms with Crippen LogP contribution in [0, 0.1) is 22.7 Å². The van der Waals surface area contributed by atoms with E-state index in [0.29, 0.717) is 22.3 Å². The fourth-order valence-corrected chi connectivity index (χ4v) is 6.89. The van der Waals surface area contributed by atoms with Gasteiger partial charge in [0.1, 0.15) is 17.9 Å². The zero-order chi connectivity index (χ0) is 28.7. The maximum atomic E-state index is 10.3. The molecule has 0 fully saturated rings. The molecule has 0 amide bonds. The van der Waals surface area contributed by atoms with Crippen LogP contribution in [-0.2, 0) is 0 Å². The Morgan fingerprint density at radius 3 is 2.42 bits per heavy atom. The lowest BCUT2D eigenvalue weighted by atomic mass is 9.90. The average Bonchev–Trinajstić information content (AvgIpc) is 3.73. The van der Waals surface area contributed by atoms with Crippen LogP contribution in [0.3, 0.4) is 0 Å². The number of para-hydroxylation sites is 3. The van der Waals surface area contributed by atoms with Crippen LogP contribution in [0.4, 0.5) is 0 Å². The minimum Gasteiger partial charge on any atom is -0.484 e. The van der Waals surface area contributed by atoms with E-state index in [4.69, 9.17) is 9.15 Å². The Kier molecular flexibility index (Phi) is 4.80. The fraction of sp³-hybridized carbons (Fsp3) is 0.0526. The van der Waals surface area contributed by atoms with Crippen molar-refractivity contribution in [2.24, 2.45) is 0 Å². The summed E-state index contributed by atoms with van der Waals surface area (Å²) in [6.45, 7) is 0. The third kappa shape index (κ3) is 3.25. The van der Waals surface area contributed by atoms with Gasteiger partial charge in [-0.25, -0.2) is 0 Å². The van der Waals surface area contributed by atoms with Crippen molar-refractivity contribution in [1.29, 1.82) is 10.5 Å². The number of benzene rings is 5. The molecule has 5 nitrogen and oxygen atoms in total. The highest BCUT2D eigenvalue weighted by Gasteiger charge is 2.34. The predicted molar refractivity (Wildman–Crippen MR) is 168 cm³/mol. The van der Waals surface area contributed by atoms with Crippen LogP contribution >= 0.6 is 0 Å². The van der Waals surface area contributed by atoms with Gasteiger partial charge in [-0.1, -0.05) is 66.8 Å². The Hall–Kier alpha value is -6.04. The molecule has 7 aromatic rings. The molecule has 0 spiro atoms. The minimum atomic E-state index is -0.0203. The van der Waals surface area contributed by atoms with E-state index in [0.717, 1.165) is 60.7 Å². The van der Waals surface area contributed by atoms with Gasteiger partial charge < -0.3 is 13.7 Å². The third-order valence-corrected chi connectivity index (χ3v) is 8.79. The summed E-state index contributed by atoms with van der Waals surface area (Å²) in [6.07, 6.45) is 8.36. The standard InChI is InChI=1S/C38H21N3O2/c39-20-22-15-16-33-30(17-22)26-7-1-3-12-32(26)41(33)34-13-6-11-29-31-19-23(18-24(21-40)36(31)43-38(29)34)25-9-5-10-28-27-8-2-4-14-35(27)42-37(25)28/h1-19,27,35H. The number of hydrogen-bond acceptors (Lipinski definition) is 4. The second kappa shape index (κ2) is 8.73. The summed E-state index contributed by atoms with van der Waals surface area (Å²) in [5, 5.41) is 23.7. The van der Waals surface area contributed by atoms with Gasteiger partial charge in [-0.15, -0.1) is 0 Å². The second-order valence-electron chi connectivity index (χ2n) is 11.1. The van der Waals surface area contributed by atoms with Crippen molar-refractivity contribution in [2.45, 2.75) is 12.0 Å². The topological polar surface area (TPSA) is 74.9 Å². The average molecular weight is 552 g/mol. The third-order valence-electron chi connectivity index (χ3n) is 8.79. The largest absolute Gasteiger partial charge is 0.484 e. The van der Waals surface area contributed by atoms with Crippen LogP contribution in [-0.4, -0.2) is 10.7 Å². The molecule has 5 aromatic carbocycles. The van der Waals surface area contributed by atoms with Crippen LogP contribution in [0.15, 0.2) is 120 Å². The zero-order valence-corrected chi connectivity index (χ0v) is 22.8. The summed E-state index contributed by atoms with van der Waals surface area (Å²) in [7, 11) is 0. The molecule has 1 aliphatic heterocycles. The second-order valence-corrected chi connectivity index (χ2v) is 11.1. The summed E-state index contributed by atoms with van der Waals surface area (Å²) in [6, 6.07) is 35.0. The summed E-state index contributed by atoms with van der Waals surface area (Å²) in [5.41, 5.74) is 8.28. The van der Waals surface area contributed by atoms with Crippen LogP contribution in [0.5, 0.6) is 5.75 Å². The summed E-state index contributed by atoms with van der Waals surface area (Å²) in [5.74, 6) is 1.05. The lowest BCUT2D eigenvalue weighted by Gasteiger charge is -2.14. The molecule has 2 aliphatic rings. The van der Waals surface area contributed by atoms with Gasteiger partial charge in [-0.05, 0) is 54.1 Å². The maximum absolute atomic E-state index is 10.3. The van der Waals surface area contributed by atoms with Crippen LogP contribution in [0.1, 0.15) is 22.6 Å². The minimum absolute atomic E-state index is 0.0203. The molecular weight excluding hydrogens is 530 g/mol. The molecule has 0 saturated heterocycles. The van der Waals surface area contributed by atoms with Crippen molar-refractivity contribution in [3.63, 3.8) is 0 Å². The van der Waals surface area contributed by atoms with Crippen LogP contribution in [0.25, 0.3) is 60.6 Å². The van der Waals surface area contributed by atoms with Gasteiger partial charge in [0.2, 0.25) is 0 Å². The lowest BCUT2D eigenvalue weighted by molar-refractivity contribution is 0.270. The normalized spacial score (nSPS) is 16.8. The van der Waals surface area contributed by atoms with Gasteiger partial charge in [0.25, 0.3) is 0 Å². The summed E-state index contributed by atoms with van der Waals surface area (Å²) < 4.78 is 15.2. The van der Waals surface area contributed by atoms with Crippen molar-refractivity contribution >= 4 is 43.7 Å². The number of nitriles is 2. The molecule has 2 aromatic heterocycles. The van der Waals surface area contributed by atoms with Gasteiger partial charge in [0.15, 0.2) is 11.2 Å². The number of aromatic nitrogens is 1. The summed E-state index contributed by atoms with van der Waals surface area (Å²) >= 11 is 0. The number of furan rings is 1. The molecule has 0 N–H and O–H groups in total. The van der Waals surface area contributed by atoms with Crippen molar-refractivity contribution in [2.75, 3.05) is 0 Å². The first-order valence-corrected chi connectivity index (χ1v) is 14.2. The quantitative estimate of drug-likeness (QED) is 0.215. The molecular formula is C38H21N3O2.